The second-order valence-electron chi connectivity index (χ2n) is 3.65. The summed E-state index contributed by atoms with van der Waals surface area (Å²) in [5.74, 6) is -0.546. The van der Waals surface area contributed by atoms with Gasteiger partial charge in [-0.15, -0.1) is 11.3 Å². The number of aliphatic carboxylic acids is 1. The van der Waals surface area contributed by atoms with Gasteiger partial charge < -0.3 is 14.9 Å². The number of aliphatic hydroxyl groups excluding tert-OH is 1. The van der Waals surface area contributed by atoms with E-state index in [1.54, 1.807) is 26.2 Å². The van der Waals surface area contributed by atoms with Gasteiger partial charge in [0.1, 0.15) is 5.75 Å². The fourth-order valence-corrected chi connectivity index (χ4v) is 3.03. The molecule has 1 aromatic carbocycles. The van der Waals surface area contributed by atoms with Crippen LogP contribution >= 0.6 is 11.3 Å². The third-order valence-corrected chi connectivity index (χ3v) is 3.78. The number of methoxy groups -OCH3 is 1. The molecule has 1 unspecified atom stereocenters. The Morgan fingerprint density at radius 1 is 1.47 bits per heavy atom. The summed E-state index contributed by atoms with van der Waals surface area (Å²) >= 11 is 1.43. The first kappa shape index (κ1) is 11.9. The molecule has 0 aliphatic rings. The van der Waals surface area contributed by atoms with Crippen molar-refractivity contribution in [3.63, 3.8) is 0 Å². The van der Waals surface area contributed by atoms with E-state index in [0.29, 0.717) is 11.3 Å². The van der Waals surface area contributed by atoms with Gasteiger partial charge in [0.25, 0.3) is 0 Å². The number of thiophene rings is 1. The van der Waals surface area contributed by atoms with Crippen LogP contribution in [0.3, 0.4) is 0 Å². The van der Waals surface area contributed by atoms with Crippen molar-refractivity contribution in [1.82, 2.24) is 0 Å². The summed E-state index contributed by atoms with van der Waals surface area (Å²) < 4.78 is 6.08. The predicted octanol–water partition coefficient (Wildman–Crippen LogP) is 2.34. The topological polar surface area (TPSA) is 66.8 Å². The molecule has 2 rings (SSSR count). The average molecular weight is 252 g/mol. The maximum atomic E-state index is 10.9. The van der Waals surface area contributed by atoms with Gasteiger partial charge in [-0.05, 0) is 13.0 Å². The summed E-state index contributed by atoms with van der Waals surface area (Å²) in [7, 11) is 1.57. The van der Waals surface area contributed by atoms with Crippen molar-refractivity contribution < 1.29 is 19.7 Å². The van der Waals surface area contributed by atoms with Crippen LogP contribution in [0.4, 0.5) is 0 Å². The predicted molar refractivity (Wildman–Crippen MR) is 65.7 cm³/mol. The molecule has 0 fully saturated rings. The van der Waals surface area contributed by atoms with Gasteiger partial charge in [0.2, 0.25) is 0 Å². The highest BCUT2D eigenvalue weighted by Gasteiger charge is 2.23. The van der Waals surface area contributed by atoms with Gasteiger partial charge in [-0.1, -0.05) is 12.1 Å². The number of benzene rings is 1. The van der Waals surface area contributed by atoms with E-state index in [1.807, 2.05) is 6.07 Å². The fraction of sp³-hybridized carbons (Fsp3) is 0.250. The molecule has 0 bridgehead atoms. The molecule has 1 aromatic heterocycles. The van der Waals surface area contributed by atoms with Crippen LogP contribution in [0.2, 0.25) is 0 Å². The molecule has 0 aliphatic carbocycles. The molecule has 4 nitrogen and oxygen atoms in total. The lowest BCUT2D eigenvalue weighted by Gasteiger charge is -2.06. The van der Waals surface area contributed by atoms with Gasteiger partial charge in [-0.3, -0.25) is 0 Å². The Bertz CT molecular complexity index is 573. The van der Waals surface area contributed by atoms with Crippen molar-refractivity contribution in [3.8, 4) is 5.75 Å². The molecule has 1 atom stereocenters. The molecule has 90 valence electrons. The summed E-state index contributed by atoms with van der Waals surface area (Å²) in [5.41, 5.74) is 0.455. The lowest BCUT2D eigenvalue weighted by molar-refractivity contribution is -0.146. The standard InChI is InChI=1S/C12H12O4S/c1-6-9(10(13)12(14)15)7-4-3-5-8(16-2)11(7)17-6/h3-5,10,13H,1-2H3,(H,14,15). The molecule has 0 amide bonds. The number of aryl methyl sites for hydroxylation is 1. The first-order valence-electron chi connectivity index (χ1n) is 5.03. The van der Waals surface area contributed by atoms with Crippen molar-refractivity contribution in [1.29, 1.82) is 0 Å². The number of carboxylic acid groups (broad SMARTS) is 1. The Morgan fingerprint density at radius 2 is 2.18 bits per heavy atom. The monoisotopic (exact) mass is 252 g/mol. The van der Waals surface area contributed by atoms with Gasteiger partial charge in [-0.2, -0.15) is 0 Å². The number of carbonyl (C=O) groups is 1. The Kier molecular flexibility index (Phi) is 3.04. The average Bonchev–Trinajstić information content (AvgIpc) is 2.63. The van der Waals surface area contributed by atoms with Crippen molar-refractivity contribution in [2.45, 2.75) is 13.0 Å². The quantitative estimate of drug-likeness (QED) is 0.879. The highest BCUT2D eigenvalue weighted by atomic mass is 32.1. The minimum absolute atomic E-state index is 0.455. The summed E-state index contributed by atoms with van der Waals surface area (Å²) in [6, 6.07) is 5.39. The largest absolute Gasteiger partial charge is 0.495 e. The summed E-state index contributed by atoms with van der Waals surface area (Å²) in [5, 5.41) is 19.3. The molecule has 0 saturated carbocycles. The zero-order chi connectivity index (χ0) is 12.6. The van der Waals surface area contributed by atoms with Gasteiger partial charge in [0.05, 0.1) is 11.8 Å². The molecule has 0 saturated heterocycles. The third kappa shape index (κ3) is 1.87. The zero-order valence-electron chi connectivity index (χ0n) is 9.43. The normalized spacial score (nSPS) is 12.6. The maximum Gasteiger partial charge on any atom is 0.337 e. The number of fused-ring (bicyclic) bond motifs is 1. The molecular weight excluding hydrogens is 240 g/mol. The second-order valence-corrected chi connectivity index (χ2v) is 4.87. The lowest BCUT2D eigenvalue weighted by Crippen LogP contribution is -2.10. The molecule has 0 radical (unpaired) electrons. The Hall–Kier alpha value is -1.59. The van der Waals surface area contributed by atoms with Gasteiger partial charge >= 0.3 is 5.97 Å². The van der Waals surface area contributed by atoms with Gasteiger partial charge in [-0.25, -0.2) is 4.79 Å². The van der Waals surface area contributed by atoms with Gasteiger partial charge in [0, 0.05) is 15.8 Å². The van der Waals surface area contributed by atoms with Crippen molar-refractivity contribution >= 4 is 27.4 Å². The minimum atomic E-state index is -1.49. The van der Waals surface area contributed by atoms with Gasteiger partial charge in [0.15, 0.2) is 6.10 Å². The number of hydrogen-bond acceptors (Lipinski definition) is 4. The van der Waals surface area contributed by atoms with Crippen LogP contribution in [0.1, 0.15) is 16.5 Å². The smallest absolute Gasteiger partial charge is 0.337 e. The molecule has 17 heavy (non-hydrogen) atoms. The minimum Gasteiger partial charge on any atom is -0.495 e. The number of hydrogen-bond donors (Lipinski definition) is 2. The van der Waals surface area contributed by atoms with E-state index in [1.165, 1.54) is 11.3 Å². The Balaban J connectivity index is 2.72. The molecule has 2 N–H and O–H groups in total. The van der Waals surface area contributed by atoms with Crippen LogP contribution < -0.4 is 4.74 Å². The number of aliphatic hydroxyl groups is 1. The molecule has 0 aliphatic heterocycles. The lowest BCUT2D eigenvalue weighted by atomic mass is 10.1. The van der Waals surface area contributed by atoms with E-state index in [2.05, 4.69) is 0 Å². The highest BCUT2D eigenvalue weighted by Crippen LogP contribution is 2.39. The van der Waals surface area contributed by atoms with Crippen molar-refractivity contribution in [2.24, 2.45) is 0 Å². The zero-order valence-corrected chi connectivity index (χ0v) is 10.2. The highest BCUT2D eigenvalue weighted by molar-refractivity contribution is 7.19. The summed E-state index contributed by atoms with van der Waals surface area (Å²) in [4.78, 5) is 11.7. The number of rotatable bonds is 3. The van der Waals surface area contributed by atoms with E-state index in [-0.39, 0.29) is 0 Å². The summed E-state index contributed by atoms with van der Waals surface area (Å²) in [6.45, 7) is 1.80. The van der Waals surface area contributed by atoms with Crippen LogP contribution in [-0.2, 0) is 4.79 Å². The van der Waals surface area contributed by atoms with Crippen LogP contribution in [0.15, 0.2) is 18.2 Å². The SMILES string of the molecule is COc1cccc2c(C(O)C(=O)O)c(C)sc12. The number of carboxylic acids is 1. The molecule has 1 heterocycles. The van der Waals surface area contributed by atoms with Crippen LogP contribution in [0.25, 0.3) is 10.1 Å². The van der Waals surface area contributed by atoms with E-state index in [4.69, 9.17) is 9.84 Å². The third-order valence-electron chi connectivity index (χ3n) is 2.63. The van der Waals surface area contributed by atoms with Crippen LogP contribution in [0.5, 0.6) is 5.75 Å². The first-order chi connectivity index (χ1) is 8.06. The molecule has 5 heteroatoms. The molecule has 0 spiro atoms. The van der Waals surface area contributed by atoms with E-state index < -0.39 is 12.1 Å². The summed E-state index contributed by atoms with van der Waals surface area (Å²) in [6.07, 6.45) is -1.49. The van der Waals surface area contributed by atoms with E-state index in [0.717, 1.165) is 15.0 Å². The van der Waals surface area contributed by atoms with Crippen molar-refractivity contribution in [3.05, 3.63) is 28.6 Å². The number of ether oxygens (including phenoxy) is 1. The Morgan fingerprint density at radius 3 is 2.76 bits per heavy atom. The first-order valence-corrected chi connectivity index (χ1v) is 5.84. The van der Waals surface area contributed by atoms with Crippen molar-refractivity contribution in [2.75, 3.05) is 7.11 Å². The second kappa shape index (κ2) is 4.35. The molecular formula is C12H12O4S. The van der Waals surface area contributed by atoms with Crippen LogP contribution in [-0.4, -0.2) is 23.3 Å². The van der Waals surface area contributed by atoms with E-state index in [9.17, 15) is 9.90 Å². The Labute approximate surface area is 102 Å². The van der Waals surface area contributed by atoms with Crippen LogP contribution in [0, 0.1) is 6.92 Å². The molecule has 2 aromatic rings. The fourth-order valence-electron chi connectivity index (χ4n) is 1.85. The van der Waals surface area contributed by atoms with E-state index >= 15 is 0 Å². The maximum absolute atomic E-state index is 10.9.